The van der Waals surface area contributed by atoms with Gasteiger partial charge in [-0.25, -0.2) is 9.37 Å². The number of hydrogen-bond donors (Lipinski definition) is 1. The summed E-state index contributed by atoms with van der Waals surface area (Å²) in [5.74, 6) is -1.14. The predicted octanol–water partition coefficient (Wildman–Crippen LogP) is 5.06. The smallest absolute Gasteiger partial charge is 0.401 e. The van der Waals surface area contributed by atoms with E-state index in [0.717, 1.165) is 6.07 Å². The van der Waals surface area contributed by atoms with Crippen LogP contribution in [0.4, 0.5) is 23.4 Å². The highest BCUT2D eigenvalue weighted by molar-refractivity contribution is 5.91. The maximum atomic E-state index is 15.0. The van der Waals surface area contributed by atoms with Crippen molar-refractivity contribution in [3.63, 3.8) is 0 Å². The van der Waals surface area contributed by atoms with E-state index in [-0.39, 0.29) is 48.9 Å². The number of halogens is 4. The first-order valence-corrected chi connectivity index (χ1v) is 13.2. The van der Waals surface area contributed by atoms with Crippen molar-refractivity contribution in [1.29, 1.82) is 0 Å². The molecule has 1 N–H and O–H groups in total. The van der Waals surface area contributed by atoms with Crippen LogP contribution in [0.15, 0.2) is 47.1 Å². The van der Waals surface area contributed by atoms with Crippen LogP contribution in [0.1, 0.15) is 31.1 Å². The third kappa shape index (κ3) is 6.22. The zero-order chi connectivity index (χ0) is 30.9. The number of aromatic nitrogens is 3. The molecule has 4 aromatic rings. The zero-order valence-electron chi connectivity index (χ0n) is 23.4. The maximum Gasteiger partial charge on any atom is 0.401 e. The van der Waals surface area contributed by atoms with Gasteiger partial charge in [0.05, 0.1) is 43.0 Å². The van der Waals surface area contributed by atoms with Crippen LogP contribution in [0.5, 0.6) is 11.5 Å². The molecule has 5 rings (SSSR count). The number of carbonyl (C=O) groups is 2. The molecular weight excluding hydrogens is 574 g/mol. The number of methoxy groups -OCH3 is 1. The van der Waals surface area contributed by atoms with E-state index in [4.69, 9.17) is 14.0 Å². The van der Waals surface area contributed by atoms with Gasteiger partial charge in [0.15, 0.2) is 23.1 Å². The highest BCUT2D eigenvalue weighted by Gasteiger charge is 2.66. The van der Waals surface area contributed by atoms with Gasteiger partial charge in [-0.1, -0.05) is 17.3 Å². The quantitative estimate of drug-likeness (QED) is 0.251. The van der Waals surface area contributed by atoms with Crippen molar-refractivity contribution in [2.24, 2.45) is 0 Å². The molecule has 0 atom stereocenters. The Labute approximate surface area is 243 Å². The molecule has 2 aromatic heterocycles. The molecule has 0 unspecified atom stereocenters. The second-order valence-corrected chi connectivity index (χ2v) is 10.2. The Balaban J connectivity index is 1.26. The van der Waals surface area contributed by atoms with Crippen molar-refractivity contribution in [1.82, 2.24) is 20.0 Å². The highest BCUT2D eigenvalue weighted by atomic mass is 19.4. The van der Waals surface area contributed by atoms with E-state index in [2.05, 4.69) is 20.4 Å². The maximum absolute atomic E-state index is 15.0. The van der Waals surface area contributed by atoms with Crippen LogP contribution in [0, 0.1) is 5.82 Å². The Bertz CT molecular complexity index is 1690. The summed E-state index contributed by atoms with van der Waals surface area (Å²) in [7, 11) is 3.15. The SMILES string of the molecule is COc1cc2nc(-c3ccc(CC(=O)Nc4cc(C5(C(F)(F)F)CC5)on4)c(F)c3)cnc2cc1OCCN(C)C(C)=O. The molecule has 2 heterocycles. The van der Waals surface area contributed by atoms with Gasteiger partial charge in [0.2, 0.25) is 11.8 Å². The summed E-state index contributed by atoms with van der Waals surface area (Å²) in [5.41, 5.74) is -0.248. The average molecular weight is 602 g/mol. The van der Waals surface area contributed by atoms with Gasteiger partial charge in [0, 0.05) is 37.7 Å². The highest BCUT2D eigenvalue weighted by Crippen LogP contribution is 2.59. The molecule has 2 amide bonds. The van der Waals surface area contributed by atoms with Crippen LogP contribution < -0.4 is 14.8 Å². The van der Waals surface area contributed by atoms with Crippen molar-refractivity contribution in [3.05, 3.63) is 59.7 Å². The van der Waals surface area contributed by atoms with E-state index in [1.807, 2.05) is 0 Å². The molecule has 0 radical (unpaired) electrons. The summed E-state index contributed by atoms with van der Waals surface area (Å²) in [6.07, 6.45) is -3.61. The monoisotopic (exact) mass is 601 g/mol. The Hall–Kier alpha value is -4.75. The number of benzene rings is 2. The summed E-state index contributed by atoms with van der Waals surface area (Å²) in [6.45, 7) is 2.09. The molecule has 2 aromatic carbocycles. The van der Waals surface area contributed by atoms with Crippen LogP contribution in [-0.4, -0.2) is 65.3 Å². The average Bonchev–Trinajstić information content (AvgIpc) is 3.66. The fourth-order valence-corrected chi connectivity index (χ4v) is 4.45. The first kappa shape index (κ1) is 29.7. The molecule has 1 fully saturated rings. The van der Waals surface area contributed by atoms with Crippen molar-refractivity contribution < 1.29 is 41.1 Å². The molecule has 226 valence electrons. The van der Waals surface area contributed by atoms with Gasteiger partial charge in [-0.2, -0.15) is 13.2 Å². The van der Waals surface area contributed by atoms with E-state index in [0.29, 0.717) is 40.3 Å². The van der Waals surface area contributed by atoms with E-state index in [1.165, 1.54) is 37.3 Å². The van der Waals surface area contributed by atoms with Crippen LogP contribution in [0.3, 0.4) is 0 Å². The number of rotatable bonds is 10. The first-order valence-electron chi connectivity index (χ1n) is 13.2. The number of nitrogens with zero attached hydrogens (tertiary/aromatic N) is 4. The fourth-order valence-electron chi connectivity index (χ4n) is 4.45. The normalized spacial score (nSPS) is 13.9. The molecule has 10 nitrogen and oxygen atoms in total. The van der Waals surface area contributed by atoms with Gasteiger partial charge in [-0.15, -0.1) is 0 Å². The summed E-state index contributed by atoms with van der Waals surface area (Å²) in [4.78, 5) is 34.4. The third-order valence-electron chi connectivity index (χ3n) is 7.29. The van der Waals surface area contributed by atoms with Gasteiger partial charge in [0.25, 0.3) is 0 Å². The number of anilines is 1. The van der Waals surface area contributed by atoms with Crippen LogP contribution in [-0.2, 0) is 21.4 Å². The molecular formula is C29H27F4N5O5. The van der Waals surface area contributed by atoms with Gasteiger partial charge in [-0.05, 0) is 24.5 Å². The van der Waals surface area contributed by atoms with Gasteiger partial charge in [-0.3, -0.25) is 14.6 Å². The van der Waals surface area contributed by atoms with Crippen LogP contribution >= 0.6 is 0 Å². The molecule has 43 heavy (non-hydrogen) atoms. The Morgan fingerprint density at radius 3 is 2.51 bits per heavy atom. The number of fused-ring (bicyclic) bond motifs is 1. The first-order chi connectivity index (χ1) is 20.4. The fraction of sp³-hybridized carbons (Fsp3) is 0.345. The summed E-state index contributed by atoms with van der Waals surface area (Å²) < 4.78 is 71.0. The van der Waals surface area contributed by atoms with Gasteiger partial charge < -0.3 is 24.2 Å². The lowest BCUT2D eigenvalue weighted by Gasteiger charge is -2.16. The molecule has 1 saturated carbocycles. The summed E-state index contributed by atoms with van der Waals surface area (Å²) >= 11 is 0. The van der Waals surface area contributed by atoms with Crippen molar-refractivity contribution in [2.75, 3.05) is 32.6 Å². The second kappa shape index (κ2) is 11.5. The number of hydrogen-bond acceptors (Lipinski definition) is 8. The van der Waals surface area contributed by atoms with E-state index >= 15 is 0 Å². The number of alkyl halides is 3. The number of amides is 2. The molecule has 0 bridgehead atoms. The number of carbonyl (C=O) groups excluding carboxylic acids is 2. The van der Waals surface area contributed by atoms with E-state index in [1.54, 1.807) is 25.2 Å². The summed E-state index contributed by atoms with van der Waals surface area (Å²) in [6, 6.07) is 8.56. The Kier molecular flexibility index (Phi) is 7.95. The third-order valence-corrected chi connectivity index (χ3v) is 7.29. The lowest BCUT2D eigenvalue weighted by molar-refractivity contribution is -0.165. The minimum Gasteiger partial charge on any atom is -0.493 e. The number of ether oxygens (including phenoxy) is 2. The summed E-state index contributed by atoms with van der Waals surface area (Å²) in [5, 5.41) is 5.87. The standard InChI is InChI=1S/C29H27F4N5O5/c1-16(39)38(2)8-9-42-24-12-20-21(13-23(24)41-3)35-22(15-34-20)18-5-4-17(19(30)10-18)11-27(40)36-26-14-25(43-37-26)28(6-7-28)29(31,32)33/h4-5,10,12-15H,6-9,11H2,1-3H3,(H,36,37,40). The molecule has 1 aliphatic rings. The molecule has 14 heteroatoms. The van der Waals surface area contributed by atoms with E-state index < -0.39 is 23.3 Å². The van der Waals surface area contributed by atoms with Crippen molar-refractivity contribution in [2.45, 2.75) is 37.8 Å². The number of likely N-dealkylation sites (N-methyl/N-ethyl adjacent to an activating group) is 1. The second-order valence-electron chi connectivity index (χ2n) is 10.2. The molecule has 0 spiro atoms. The number of nitrogens with one attached hydrogen (secondary N) is 1. The minimum atomic E-state index is -4.48. The molecule has 0 aliphatic heterocycles. The van der Waals surface area contributed by atoms with Crippen molar-refractivity contribution >= 4 is 28.7 Å². The largest absolute Gasteiger partial charge is 0.493 e. The predicted molar refractivity (Wildman–Crippen MR) is 146 cm³/mol. The van der Waals surface area contributed by atoms with Gasteiger partial charge >= 0.3 is 6.18 Å². The Morgan fingerprint density at radius 1 is 1.12 bits per heavy atom. The molecule has 1 aliphatic carbocycles. The lowest BCUT2D eigenvalue weighted by atomic mass is 10.0. The topological polar surface area (TPSA) is 120 Å². The van der Waals surface area contributed by atoms with Crippen LogP contribution in [0.2, 0.25) is 0 Å². The molecule has 0 saturated heterocycles. The van der Waals surface area contributed by atoms with Gasteiger partial charge in [0.1, 0.15) is 17.8 Å². The Morgan fingerprint density at radius 2 is 1.86 bits per heavy atom. The van der Waals surface area contributed by atoms with E-state index in [9.17, 15) is 27.2 Å². The van der Waals surface area contributed by atoms with Crippen molar-refractivity contribution in [3.8, 4) is 22.8 Å². The lowest BCUT2D eigenvalue weighted by Crippen LogP contribution is -2.28. The zero-order valence-corrected chi connectivity index (χ0v) is 23.4. The minimum absolute atomic E-state index is 0.0616. The van der Waals surface area contributed by atoms with Crippen LogP contribution in [0.25, 0.3) is 22.3 Å².